The molecule has 0 aliphatic rings. The van der Waals surface area contributed by atoms with E-state index in [9.17, 15) is 16.8 Å². The molecule has 0 aliphatic heterocycles. The molecule has 0 bridgehead atoms. The van der Waals surface area contributed by atoms with E-state index in [2.05, 4.69) is 4.98 Å². The van der Waals surface area contributed by atoms with Gasteiger partial charge in [-0.25, -0.2) is 16.8 Å². The summed E-state index contributed by atoms with van der Waals surface area (Å²) in [5, 5.41) is 1.42. The summed E-state index contributed by atoms with van der Waals surface area (Å²) in [5.41, 5.74) is 6.60. The highest BCUT2D eigenvalue weighted by atomic mass is 35.5. The van der Waals surface area contributed by atoms with Crippen LogP contribution >= 0.6 is 12.4 Å². The van der Waals surface area contributed by atoms with E-state index in [1.807, 2.05) is 6.07 Å². The van der Waals surface area contributed by atoms with Crippen LogP contribution in [0.3, 0.4) is 0 Å². The van der Waals surface area contributed by atoms with Gasteiger partial charge in [-0.05, 0) is 55.6 Å². The Morgan fingerprint density at radius 1 is 0.938 bits per heavy atom. The van der Waals surface area contributed by atoms with Crippen LogP contribution in [0.5, 0.6) is 0 Å². The number of hydrogen-bond donors (Lipinski definition) is 1. The third kappa shape index (κ3) is 6.26. The number of hydrogen-bond acceptors (Lipinski definition) is 6. The highest BCUT2D eigenvalue weighted by Crippen LogP contribution is 2.25. The standard InChI is InChI=1S/C22H27N3O4S2.ClH/c1-30(26,27)20-10-8-18(9-11-20)5-3-15-25(16-4-13-23)31(28,29)22-7-2-6-19-17-24-14-12-21(19)22;/h2,6-12,14,17H,3-5,13,15-16,23H2,1H3;1H. The number of rotatable bonds is 10. The van der Waals surface area contributed by atoms with E-state index in [1.165, 1.54) is 10.6 Å². The monoisotopic (exact) mass is 497 g/mol. The highest BCUT2D eigenvalue weighted by molar-refractivity contribution is 7.90. The lowest BCUT2D eigenvalue weighted by Gasteiger charge is -2.23. The minimum Gasteiger partial charge on any atom is -0.330 e. The molecule has 0 fully saturated rings. The number of fused-ring (bicyclic) bond motifs is 1. The first-order valence-electron chi connectivity index (χ1n) is 10.1. The lowest BCUT2D eigenvalue weighted by Crippen LogP contribution is -2.34. The van der Waals surface area contributed by atoms with Gasteiger partial charge < -0.3 is 5.73 Å². The van der Waals surface area contributed by atoms with Crippen LogP contribution in [0.25, 0.3) is 10.8 Å². The molecular formula is C22H28ClN3O4S2. The molecule has 0 aliphatic carbocycles. The Labute approximate surface area is 196 Å². The van der Waals surface area contributed by atoms with Gasteiger partial charge in [0.25, 0.3) is 0 Å². The maximum atomic E-state index is 13.4. The van der Waals surface area contributed by atoms with Gasteiger partial charge in [0.15, 0.2) is 9.84 Å². The number of benzene rings is 2. The average Bonchev–Trinajstić information content (AvgIpc) is 2.75. The first-order chi connectivity index (χ1) is 14.7. The molecular weight excluding hydrogens is 470 g/mol. The van der Waals surface area contributed by atoms with Crippen molar-refractivity contribution in [2.24, 2.45) is 5.73 Å². The second-order valence-electron chi connectivity index (χ2n) is 7.42. The molecule has 1 heterocycles. The molecule has 174 valence electrons. The van der Waals surface area contributed by atoms with Crippen LogP contribution in [0.15, 0.2) is 70.7 Å². The summed E-state index contributed by atoms with van der Waals surface area (Å²) in [6, 6.07) is 13.6. The first-order valence-corrected chi connectivity index (χ1v) is 13.4. The van der Waals surface area contributed by atoms with E-state index >= 15 is 0 Å². The van der Waals surface area contributed by atoms with E-state index in [0.29, 0.717) is 44.3 Å². The summed E-state index contributed by atoms with van der Waals surface area (Å²) in [4.78, 5) is 4.61. The van der Waals surface area contributed by atoms with Crippen molar-refractivity contribution in [3.63, 3.8) is 0 Å². The first kappa shape index (κ1) is 26.2. The summed E-state index contributed by atoms with van der Waals surface area (Å²) in [6.07, 6.45) is 6.22. The molecule has 0 atom stereocenters. The van der Waals surface area contributed by atoms with Crippen molar-refractivity contribution in [1.82, 2.24) is 9.29 Å². The van der Waals surface area contributed by atoms with Crippen molar-refractivity contribution in [3.05, 3.63) is 66.5 Å². The van der Waals surface area contributed by atoms with Crippen LogP contribution in [0.2, 0.25) is 0 Å². The number of nitrogens with zero attached hydrogens (tertiary/aromatic N) is 2. The number of halogens is 1. The van der Waals surface area contributed by atoms with Crippen LogP contribution in [0, 0.1) is 0 Å². The lowest BCUT2D eigenvalue weighted by molar-refractivity contribution is 0.401. The summed E-state index contributed by atoms with van der Waals surface area (Å²) in [5.74, 6) is 0. The maximum absolute atomic E-state index is 13.4. The Bertz CT molecular complexity index is 1240. The van der Waals surface area contributed by atoms with E-state index in [1.54, 1.807) is 54.9 Å². The fourth-order valence-electron chi connectivity index (χ4n) is 3.44. The number of sulfone groups is 1. The highest BCUT2D eigenvalue weighted by Gasteiger charge is 2.25. The van der Waals surface area contributed by atoms with Crippen LogP contribution in [-0.4, -0.2) is 52.0 Å². The lowest BCUT2D eigenvalue weighted by atomic mass is 10.1. The van der Waals surface area contributed by atoms with Crippen molar-refractivity contribution in [2.75, 3.05) is 25.9 Å². The van der Waals surface area contributed by atoms with Gasteiger partial charge in [-0.2, -0.15) is 4.31 Å². The largest absolute Gasteiger partial charge is 0.330 e. The molecule has 10 heteroatoms. The third-order valence-electron chi connectivity index (χ3n) is 5.09. The number of sulfonamides is 1. The Balaban J connectivity index is 0.00000363. The van der Waals surface area contributed by atoms with Crippen molar-refractivity contribution < 1.29 is 16.8 Å². The van der Waals surface area contributed by atoms with Gasteiger partial charge in [0, 0.05) is 42.5 Å². The predicted octanol–water partition coefficient (Wildman–Crippen LogP) is 3.03. The Hall–Kier alpha value is -2.04. The smallest absolute Gasteiger partial charge is 0.243 e. The normalized spacial score (nSPS) is 12.1. The maximum Gasteiger partial charge on any atom is 0.243 e. The summed E-state index contributed by atoms with van der Waals surface area (Å²) in [6.45, 7) is 1.09. The third-order valence-corrected chi connectivity index (χ3v) is 8.18. The zero-order valence-electron chi connectivity index (χ0n) is 17.8. The molecule has 7 nitrogen and oxygen atoms in total. The van der Waals surface area contributed by atoms with Crippen molar-refractivity contribution in [3.8, 4) is 0 Å². The average molecular weight is 498 g/mol. The van der Waals surface area contributed by atoms with Crippen LogP contribution in [0.1, 0.15) is 18.4 Å². The fraction of sp³-hybridized carbons (Fsp3) is 0.318. The molecule has 0 amide bonds. The zero-order valence-corrected chi connectivity index (χ0v) is 20.3. The van der Waals surface area contributed by atoms with E-state index in [0.717, 1.165) is 10.9 Å². The number of aromatic nitrogens is 1. The second-order valence-corrected chi connectivity index (χ2v) is 11.3. The molecule has 2 aromatic carbocycles. The van der Waals surface area contributed by atoms with Gasteiger partial charge in [-0.3, -0.25) is 4.98 Å². The van der Waals surface area contributed by atoms with Gasteiger partial charge in [0.05, 0.1) is 9.79 Å². The Kier molecular flexibility index (Phi) is 9.18. The fourth-order valence-corrected chi connectivity index (χ4v) is 5.80. The van der Waals surface area contributed by atoms with Gasteiger partial charge in [-0.15, -0.1) is 12.4 Å². The van der Waals surface area contributed by atoms with E-state index in [4.69, 9.17) is 5.73 Å². The molecule has 2 N–H and O–H groups in total. The van der Waals surface area contributed by atoms with Crippen molar-refractivity contribution in [2.45, 2.75) is 29.1 Å². The molecule has 3 rings (SSSR count). The number of pyridine rings is 1. The van der Waals surface area contributed by atoms with Gasteiger partial charge in [0.1, 0.15) is 0 Å². The van der Waals surface area contributed by atoms with Gasteiger partial charge >= 0.3 is 0 Å². The zero-order chi connectivity index (χ0) is 22.5. The quantitative estimate of drug-likeness (QED) is 0.461. The number of nitrogens with two attached hydrogens (primary N) is 1. The van der Waals surface area contributed by atoms with Crippen molar-refractivity contribution in [1.29, 1.82) is 0 Å². The summed E-state index contributed by atoms with van der Waals surface area (Å²) >= 11 is 0. The minimum absolute atomic E-state index is 0. The molecule has 3 aromatic rings. The predicted molar refractivity (Wildman–Crippen MR) is 129 cm³/mol. The topological polar surface area (TPSA) is 110 Å². The van der Waals surface area contributed by atoms with E-state index < -0.39 is 19.9 Å². The molecule has 0 radical (unpaired) electrons. The summed E-state index contributed by atoms with van der Waals surface area (Å²) < 4.78 is 51.6. The second kappa shape index (κ2) is 11.2. The molecule has 0 saturated carbocycles. The minimum atomic E-state index is -3.71. The van der Waals surface area contributed by atoms with Crippen LogP contribution in [-0.2, 0) is 26.3 Å². The molecule has 1 aromatic heterocycles. The molecule has 32 heavy (non-hydrogen) atoms. The van der Waals surface area contributed by atoms with E-state index in [-0.39, 0.29) is 22.2 Å². The van der Waals surface area contributed by atoms with Crippen molar-refractivity contribution >= 4 is 43.0 Å². The molecule has 0 saturated heterocycles. The Morgan fingerprint density at radius 3 is 2.28 bits per heavy atom. The van der Waals surface area contributed by atoms with Crippen LogP contribution < -0.4 is 5.73 Å². The molecule has 0 unspecified atom stereocenters. The van der Waals surface area contributed by atoms with Gasteiger partial charge in [0.2, 0.25) is 10.0 Å². The van der Waals surface area contributed by atoms with Gasteiger partial charge in [-0.1, -0.05) is 24.3 Å². The SMILES string of the molecule is CS(=O)(=O)c1ccc(CCCN(CCCN)S(=O)(=O)c2cccc3cnccc23)cc1.Cl. The number of aryl methyl sites for hydroxylation is 1. The molecule has 0 spiro atoms. The van der Waals surface area contributed by atoms with Crippen LogP contribution in [0.4, 0.5) is 0 Å². The summed E-state index contributed by atoms with van der Waals surface area (Å²) in [7, 11) is -6.95. The Morgan fingerprint density at radius 2 is 1.62 bits per heavy atom.